The first-order valence-electron chi connectivity index (χ1n) is 5.78. The third kappa shape index (κ3) is 2.79. The minimum Gasteiger partial charge on any atom is -0.399 e. The summed E-state index contributed by atoms with van der Waals surface area (Å²) in [7, 11) is -3.84. The lowest BCUT2D eigenvalue weighted by Crippen LogP contribution is -2.40. The van der Waals surface area contributed by atoms with E-state index in [0.29, 0.717) is 18.7 Å². The van der Waals surface area contributed by atoms with Crippen LogP contribution < -0.4 is 21.5 Å². The molecule has 1 saturated heterocycles. The molecular weight excluding hydrogens is 268 g/mol. The zero-order chi connectivity index (χ0) is 14.2. The maximum absolute atomic E-state index is 11.4. The van der Waals surface area contributed by atoms with E-state index in [9.17, 15) is 13.2 Å². The second kappa shape index (κ2) is 4.71. The van der Waals surface area contributed by atoms with Crippen LogP contribution in [-0.4, -0.2) is 26.9 Å². The van der Waals surface area contributed by atoms with Gasteiger partial charge in [0.1, 0.15) is 6.04 Å². The third-order valence-corrected chi connectivity index (χ3v) is 4.05. The van der Waals surface area contributed by atoms with Crippen molar-refractivity contribution in [2.24, 2.45) is 10.9 Å². The number of sulfonamides is 1. The smallest absolute Gasteiger partial charge is 0.240 e. The van der Waals surface area contributed by atoms with Gasteiger partial charge in [0.25, 0.3) is 0 Å². The van der Waals surface area contributed by atoms with Gasteiger partial charge in [-0.15, -0.1) is 0 Å². The lowest BCUT2D eigenvalue weighted by molar-refractivity contribution is -0.119. The van der Waals surface area contributed by atoms with Gasteiger partial charge in [0.15, 0.2) is 0 Å². The second-order valence-electron chi connectivity index (χ2n) is 4.56. The highest BCUT2D eigenvalue weighted by atomic mass is 32.2. The number of rotatable bonds is 3. The van der Waals surface area contributed by atoms with E-state index < -0.39 is 22.0 Å². The fourth-order valence-electron chi connectivity index (χ4n) is 2.31. The lowest BCUT2D eigenvalue weighted by atomic mass is 10.2. The number of hydrogen-bond acceptors (Lipinski definition) is 5. The molecule has 1 heterocycles. The van der Waals surface area contributed by atoms with Crippen molar-refractivity contribution in [2.75, 3.05) is 17.2 Å². The first-order chi connectivity index (χ1) is 8.79. The van der Waals surface area contributed by atoms with Crippen molar-refractivity contribution in [3.63, 3.8) is 0 Å². The van der Waals surface area contributed by atoms with Gasteiger partial charge in [-0.25, -0.2) is 13.6 Å². The molecule has 2 rings (SSSR count). The van der Waals surface area contributed by atoms with Crippen molar-refractivity contribution in [2.45, 2.75) is 23.8 Å². The minimum absolute atomic E-state index is 0.0716. The Kier molecular flexibility index (Phi) is 3.38. The molecule has 1 aliphatic rings. The molecule has 104 valence electrons. The molecule has 6 N–H and O–H groups in total. The van der Waals surface area contributed by atoms with E-state index in [1.54, 1.807) is 11.0 Å². The molecule has 1 atom stereocenters. The molecule has 0 bridgehead atoms. The van der Waals surface area contributed by atoms with Gasteiger partial charge in [-0.05, 0) is 31.0 Å². The molecule has 19 heavy (non-hydrogen) atoms. The van der Waals surface area contributed by atoms with Gasteiger partial charge < -0.3 is 16.4 Å². The molecule has 7 nitrogen and oxygen atoms in total. The first kappa shape index (κ1) is 13.6. The van der Waals surface area contributed by atoms with E-state index >= 15 is 0 Å². The standard InChI is InChI=1S/C11H16N4O3S/c12-7-4-8(6-9(5-7)19(14,17)18)15-3-1-2-10(15)11(13)16/h4-6,10H,1-3,12H2,(H2,13,16)(H2,14,17,18). The van der Waals surface area contributed by atoms with Crippen LogP contribution in [0, 0.1) is 0 Å². The number of primary amides is 1. The molecule has 0 aromatic heterocycles. The highest BCUT2D eigenvalue weighted by Gasteiger charge is 2.29. The highest BCUT2D eigenvalue weighted by molar-refractivity contribution is 7.89. The Morgan fingerprint density at radius 2 is 2.00 bits per heavy atom. The summed E-state index contributed by atoms with van der Waals surface area (Å²) in [5.41, 5.74) is 11.8. The number of anilines is 2. The van der Waals surface area contributed by atoms with Crippen LogP contribution in [0.5, 0.6) is 0 Å². The Labute approximate surface area is 111 Å². The Morgan fingerprint density at radius 3 is 2.58 bits per heavy atom. The number of nitrogens with zero attached hydrogens (tertiary/aromatic N) is 1. The maximum Gasteiger partial charge on any atom is 0.240 e. The zero-order valence-electron chi connectivity index (χ0n) is 10.2. The largest absolute Gasteiger partial charge is 0.399 e. The number of hydrogen-bond donors (Lipinski definition) is 3. The number of nitrogen functional groups attached to an aromatic ring is 1. The second-order valence-corrected chi connectivity index (χ2v) is 6.12. The molecule has 1 aliphatic heterocycles. The van der Waals surface area contributed by atoms with Gasteiger partial charge in [-0.1, -0.05) is 0 Å². The van der Waals surface area contributed by atoms with Crippen LogP contribution >= 0.6 is 0 Å². The van der Waals surface area contributed by atoms with Gasteiger partial charge in [-0.3, -0.25) is 4.79 Å². The molecule has 1 fully saturated rings. The van der Waals surface area contributed by atoms with E-state index in [0.717, 1.165) is 6.42 Å². The Bertz CT molecular complexity index is 614. The maximum atomic E-state index is 11.4. The van der Waals surface area contributed by atoms with Crippen molar-refractivity contribution >= 4 is 27.3 Å². The summed E-state index contributed by atoms with van der Waals surface area (Å²) in [5.74, 6) is -0.433. The molecule has 0 radical (unpaired) electrons. The van der Waals surface area contributed by atoms with Crippen molar-refractivity contribution in [3.8, 4) is 0 Å². The van der Waals surface area contributed by atoms with E-state index in [-0.39, 0.29) is 10.6 Å². The van der Waals surface area contributed by atoms with Crippen molar-refractivity contribution in [1.29, 1.82) is 0 Å². The predicted molar refractivity (Wildman–Crippen MR) is 71.8 cm³/mol. The van der Waals surface area contributed by atoms with Crippen LogP contribution in [0.2, 0.25) is 0 Å². The summed E-state index contributed by atoms with van der Waals surface area (Å²) in [6.45, 7) is 0.626. The van der Waals surface area contributed by atoms with E-state index in [1.807, 2.05) is 0 Å². The number of carbonyl (C=O) groups is 1. The fourth-order valence-corrected chi connectivity index (χ4v) is 2.89. The van der Waals surface area contributed by atoms with Crippen LogP contribution in [0.25, 0.3) is 0 Å². The number of benzene rings is 1. The summed E-state index contributed by atoms with van der Waals surface area (Å²) >= 11 is 0. The number of nitrogens with two attached hydrogens (primary N) is 3. The summed E-state index contributed by atoms with van der Waals surface area (Å²) in [5, 5.41) is 5.09. The van der Waals surface area contributed by atoms with Crippen LogP contribution in [0.4, 0.5) is 11.4 Å². The molecule has 1 aromatic rings. The summed E-state index contributed by atoms with van der Waals surface area (Å²) < 4.78 is 22.8. The number of amides is 1. The molecule has 1 amide bonds. The summed E-state index contributed by atoms with van der Waals surface area (Å²) in [6.07, 6.45) is 1.46. The SMILES string of the molecule is NC(=O)C1CCCN1c1cc(N)cc(S(N)(=O)=O)c1. The van der Waals surface area contributed by atoms with E-state index in [2.05, 4.69) is 0 Å². The van der Waals surface area contributed by atoms with Crippen LogP contribution in [-0.2, 0) is 14.8 Å². The normalized spacial score (nSPS) is 19.6. The van der Waals surface area contributed by atoms with Gasteiger partial charge in [0, 0.05) is 17.9 Å². The average molecular weight is 284 g/mol. The predicted octanol–water partition coefficient (Wildman–Crippen LogP) is -0.630. The van der Waals surface area contributed by atoms with E-state index in [4.69, 9.17) is 16.6 Å². The van der Waals surface area contributed by atoms with Crippen molar-refractivity contribution in [3.05, 3.63) is 18.2 Å². The molecule has 1 aromatic carbocycles. The van der Waals surface area contributed by atoms with Crippen molar-refractivity contribution in [1.82, 2.24) is 0 Å². The zero-order valence-corrected chi connectivity index (χ0v) is 11.1. The van der Waals surface area contributed by atoms with Crippen molar-refractivity contribution < 1.29 is 13.2 Å². The monoisotopic (exact) mass is 284 g/mol. The summed E-state index contributed by atoms with van der Waals surface area (Å²) in [6, 6.07) is 3.87. The Morgan fingerprint density at radius 1 is 1.32 bits per heavy atom. The Hall–Kier alpha value is -1.80. The van der Waals surface area contributed by atoms with Gasteiger partial charge in [0.05, 0.1) is 4.90 Å². The quantitative estimate of drug-likeness (QED) is 0.636. The third-order valence-electron chi connectivity index (χ3n) is 3.16. The Balaban J connectivity index is 2.45. The minimum atomic E-state index is -3.84. The van der Waals surface area contributed by atoms with Crippen LogP contribution in [0.1, 0.15) is 12.8 Å². The molecular formula is C11H16N4O3S. The molecule has 8 heteroatoms. The summed E-state index contributed by atoms with van der Waals surface area (Å²) in [4.78, 5) is 13.0. The molecule has 0 aliphatic carbocycles. The van der Waals surface area contributed by atoms with Gasteiger partial charge >= 0.3 is 0 Å². The van der Waals surface area contributed by atoms with Gasteiger partial charge in [0.2, 0.25) is 15.9 Å². The van der Waals surface area contributed by atoms with Crippen LogP contribution in [0.15, 0.2) is 23.1 Å². The molecule has 0 saturated carbocycles. The molecule has 1 unspecified atom stereocenters. The number of carbonyl (C=O) groups excluding carboxylic acids is 1. The average Bonchev–Trinajstić information content (AvgIpc) is 2.75. The van der Waals surface area contributed by atoms with E-state index in [1.165, 1.54) is 12.1 Å². The van der Waals surface area contributed by atoms with Crippen LogP contribution in [0.3, 0.4) is 0 Å². The first-order valence-corrected chi connectivity index (χ1v) is 7.33. The fraction of sp³-hybridized carbons (Fsp3) is 0.364. The lowest BCUT2D eigenvalue weighted by Gasteiger charge is -2.25. The number of primary sulfonamides is 1. The molecule has 0 spiro atoms. The topological polar surface area (TPSA) is 133 Å². The van der Waals surface area contributed by atoms with Gasteiger partial charge in [-0.2, -0.15) is 0 Å². The highest BCUT2D eigenvalue weighted by Crippen LogP contribution is 2.29.